The van der Waals surface area contributed by atoms with Crippen molar-refractivity contribution in [3.05, 3.63) is 55.5 Å². The summed E-state index contributed by atoms with van der Waals surface area (Å²) in [6, 6.07) is 7.38. The molecule has 0 unspecified atom stereocenters. The Morgan fingerprint density at radius 1 is 1.17 bits per heavy atom. The molecule has 29 heavy (non-hydrogen) atoms. The number of halogens is 3. The van der Waals surface area contributed by atoms with Crippen molar-refractivity contribution in [3.63, 3.8) is 0 Å². The van der Waals surface area contributed by atoms with E-state index in [9.17, 15) is 19.7 Å². The summed E-state index contributed by atoms with van der Waals surface area (Å²) in [7, 11) is 0. The second-order valence-electron chi connectivity index (χ2n) is 5.57. The summed E-state index contributed by atoms with van der Waals surface area (Å²) in [5, 5.41) is 10.5. The third kappa shape index (κ3) is 5.29. The lowest BCUT2D eigenvalue weighted by molar-refractivity contribution is -0.384. The van der Waals surface area contributed by atoms with Crippen LogP contribution in [0.25, 0.3) is 0 Å². The minimum absolute atomic E-state index is 0.0693. The highest BCUT2D eigenvalue weighted by molar-refractivity contribution is 6.42. The molecule has 0 aromatic heterocycles. The van der Waals surface area contributed by atoms with Crippen LogP contribution >= 0.6 is 34.8 Å². The summed E-state index contributed by atoms with van der Waals surface area (Å²) in [5.41, 5.74) is -0.349. The first-order chi connectivity index (χ1) is 13.7. The van der Waals surface area contributed by atoms with Crippen LogP contribution in [0.2, 0.25) is 15.1 Å². The molecule has 0 atom stereocenters. The quantitative estimate of drug-likeness (QED) is 0.317. The number of anilines is 1. The van der Waals surface area contributed by atoms with Crippen LogP contribution in [0.4, 0.5) is 11.4 Å². The normalized spacial score (nSPS) is 10.4. The summed E-state index contributed by atoms with van der Waals surface area (Å²) in [6.45, 7) is 2.71. The van der Waals surface area contributed by atoms with Crippen molar-refractivity contribution in [3.8, 4) is 11.5 Å². The van der Waals surface area contributed by atoms with Gasteiger partial charge in [-0.3, -0.25) is 24.6 Å². The number of rotatable bonds is 7. The molecule has 154 valence electrons. The molecule has 11 heteroatoms. The third-order valence-corrected chi connectivity index (χ3v) is 4.55. The number of amides is 1. The van der Waals surface area contributed by atoms with Crippen LogP contribution in [0.15, 0.2) is 30.3 Å². The lowest BCUT2D eigenvalue weighted by Gasteiger charge is -2.23. The van der Waals surface area contributed by atoms with E-state index in [0.29, 0.717) is 0 Å². The number of nitro groups is 1. The molecule has 0 aliphatic heterocycles. The van der Waals surface area contributed by atoms with Crippen LogP contribution in [0.1, 0.15) is 13.8 Å². The van der Waals surface area contributed by atoms with Crippen molar-refractivity contribution in [1.29, 1.82) is 0 Å². The number of carbonyl (C=O) groups excluding carboxylic acids is 2. The number of esters is 1. The lowest BCUT2D eigenvalue weighted by atomic mass is 10.2. The molecule has 0 bridgehead atoms. The average Bonchev–Trinajstić information content (AvgIpc) is 2.63. The van der Waals surface area contributed by atoms with E-state index in [-0.39, 0.29) is 40.4 Å². The van der Waals surface area contributed by atoms with Gasteiger partial charge in [-0.2, -0.15) is 0 Å². The first kappa shape index (κ1) is 22.7. The van der Waals surface area contributed by atoms with E-state index in [0.717, 1.165) is 11.0 Å². The lowest BCUT2D eigenvalue weighted by Crippen LogP contribution is -2.35. The van der Waals surface area contributed by atoms with E-state index in [4.69, 9.17) is 44.3 Å². The van der Waals surface area contributed by atoms with Gasteiger partial charge in [-0.05, 0) is 25.1 Å². The molecule has 0 heterocycles. The SMILES string of the molecule is CCOC(=O)CN(C(C)=O)c1ccccc1Oc1c(Cl)cc(Cl)c([N+](=O)[O-])c1Cl. The Morgan fingerprint density at radius 2 is 1.83 bits per heavy atom. The van der Waals surface area contributed by atoms with Crippen molar-refractivity contribution in [1.82, 2.24) is 0 Å². The number of carbonyl (C=O) groups is 2. The Morgan fingerprint density at radius 3 is 2.41 bits per heavy atom. The minimum Gasteiger partial charge on any atom is -0.465 e. The zero-order chi connectivity index (χ0) is 21.7. The Balaban J connectivity index is 2.51. The van der Waals surface area contributed by atoms with Crippen LogP contribution in [0, 0.1) is 10.1 Å². The molecule has 0 saturated carbocycles. The maximum atomic E-state index is 12.1. The predicted molar refractivity (Wildman–Crippen MR) is 109 cm³/mol. The molecule has 0 saturated heterocycles. The largest absolute Gasteiger partial charge is 0.465 e. The number of para-hydroxylation sites is 2. The topological polar surface area (TPSA) is 99.0 Å². The molecule has 2 rings (SSSR count). The van der Waals surface area contributed by atoms with Gasteiger partial charge in [0.2, 0.25) is 5.91 Å². The number of hydrogen-bond donors (Lipinski definition) is 0. The number of benzene rings is 2. The molecule has 0 fully saturated rings. The number of nitrogens with zero attached hydrogens (tertiary/aromatic N) is 2. The molecule has 0 radical (unpaired) electrons. The second kappa shape index (κ2) is 9.78. The highest BCUT2D eigenvalue weighted by Gasteiger charge is 2.27. The van der Waals surface area contributed by atoms with Crippen molar-refractivity contribution in [2.75, 3.05) is 18.1 Å². The van der Waals surface area contributed by atoms with Gasteiger partial charge >= 0.3 is 11.7 Å². The fraction of sp³-hybridized carbons (Fsp3) is 0.222. The highest BCUT2D eigenvalue weighted by atomic mass is 35.5. The first-order valence-corrected chi connectivity index (χ1v) is 9.33. The van der Waals surface area contributed by atoms with Gasteiger partial charge in [0, 0.05) is 6.92 Å². The van der Waals surface area contributed by atoms with E-state index in [1.807, 2.05) is 0 Å². The van der Waals surface area contributed by atoms with Crippen molar-refractivity contribution < 1.29 is 24.0 Å². The molecular formula is C18H15Cl3N2O6. The van der Waals surface area contributed by atoms with E-state index in [1.165, 1.54) is 19.1 Å². The summed E-state index contributed by atoms with van der Waals surface area (Å²) < 4.78 is 10.6. The Bertz CT molecular complexity index is 967. The maximum absolute atomic E-state index is 12.1. The van der Waals surface area contributed by atoms with Gasteiger partial charge in [-0.15, -0.1) is 0 Å². The Labute approximate surface area is 181 Å². The summed E-state index contributed by atoms with van der Waals surface area (Å²) in [6.07, 6.45) is 0. The number of hydrogen-bond acceptors (Lipinski definition) is 6. The van der Waals surface area contributed by atoms with Gasteiger partial charge in [0.05, 0.1) is 22.2 Å². The number of nitro benzene ring substituents is 1. The molecule has 1 amide bonds. The van der Waals surface area contributed by atoms with Gasteiger partial charge in [-0.1, -0.05) is 46.9 Å². The monoisotopic (exact) mass is 460 g/mol. The fourth-order valence-electron chi connectivity index (χ4n) is 2.40. The van der Waals surface area contributed by atoms with Gasteiger partial charge in [-0.25, -0.2) is 0 Å². The van der Waals surface area contributed by atoms with Crippen molar-refractivity contribution >= 4 is 58.1 Å². The molecule has 0 aliphatic rings. The van der Waals surface area contributed by atoms with Crippen molar-refractivity contribution in [2.45, 2.75) is 13.8 Å². The van der Waals surface area contributed by atoms with Crippen LogP contribution < -0.4 is 9.64 Å². The standard InChI is InChI=1S/C18H15Cl3N2O6/c1-3-28-15(25)9-22(10(2)24)13-6-4-5-7-14(13)29-18-12(20)8-11(19)17(16(18)21)23(26)27/h4-8H,3,9H2,1-2H3. The van der Waals surface area contributed by atoms with Crippen LogP contribution in [-0.4, -0.2) is 30.0 Å². The fourth-order valence-corrected chi connectivity index (χ4v) is 3.38. The van der Waals surface area contributed by atoms with Gasteiger partial charge < -0.3 is 9.47 Å². The zero-order valence-electron chi connectivity index (χ0n) is 15.3. The van der Waals surface area contributed by atoms with Gasteiger partial charge in [0.1, 0.15) is 11.6 Å². The molecule has 2 aromatic carbocycles. The molecule has 0 aliphatic carbocycles. The average molecular weight is 462 g/mol. The van der Waals surface area contributed by atoms with E-state index in [1.54, 1.807) is 19.1 Å². The van der Waals surface area contributed by atoms with Crippen LogP contribution in [0.5, 0.6) is 11.5 Å². The predicted octanol–water partition coefficient (Wildman–Crippen LogP) is 5.26. The maximum Gasteiger partial charge on any atom is 0.326 e. The summed E-state index contributed by atoms with van der Waals surface area (Å²) >= 11 is 18.0. The van der Waals surface area contributed by atoms with Crippen LogP contribution in [0.3, 0.4) is 0 Å². The Kier molecular flexibility index (Phi) is 7.66. The van der Waals surface area contributed by atoms with E-state index >= 15 is 0 Å². The zero-order valence-corrected chi connectivity index (χ0v) is 17.5. The Hall–Kier alpha value is -2.55. The summed E-state index contributed by atoms with van der Waals surface area (Å²) in [4.78, 5) is 35.6. The molecule has 0 spiro atoms. The van der Waals surface area contributed by atoms with Crippen molar-refractivity contribution in [2.24, 2.45) is 0 Å². The second-order valence-corrected chi connectivity index (χ2v) is 6.76. The van der Waals surface area contributed by atoms with Gasteiger partial charge in [0.25, 0.3) is 0 Å². The smallest absolute Gasteiger partial charge is 0.326 e. The van der Waals surface area contributed by atoms with Crippen LogP contribution in [-0.2, 0) is 14.3 Å². The first-order valence-electron chi connectivity index (χ1n) is 8.19. The molecule has 0 N–H and O–H groups in total. The number of ether oxygens (including phenoxy) is 2. The van der Waals surface area contributed by atoms with E-state index < -0.39 is 27.5 Å². The third-order valence-electron chi connectivity index (χ3n) is 3.63. The molecule has 2 aromatic rings. The highest BCUT2D eigenvalue weighted by Crippen LogP contribution is 2.47. The van der Waals surface area contributed by atoms with Gasteiger partial charge in [0.15, 0.2) is 16.5 Å². The molecular weight excluding hydrogens is 447 g/mol. The van der Waals surface area contributed by atoms with E-state index in [2.05, 4.69) is 0 Å². The molecule has 8 nitrogen and oxygen atoms in total. The minimum atomic E-state index is -0.762. The summed E-state index contributed by atoms with van der Waals surface area (Å²) in [5.74, 6) is -1.19.